The van der Waals surface area contributed by atoms with Crippen molar-refractivity contribution >= 4 is 17.2 Å². The number of likely N-dealkylation sites (N-methyl/N-ethyl adjacent to an activating group) is 1. The topological polar surface area (TPSA) is 38.8 Å². The molecule has 0 N–H and O–H groups in total. The second kappa shape index (κ2) is 8.44. The summed E-state index contributed by atoms with van der Waals surface area (Å²) in [6, 6.07) is 11.3. The Labute approximate surface area is 135 Å². The summed E-state index contributed by atoms with van der Waals surface area (Å²) in [5, 5.41) is 2.02. The van der Waals surface area contributed by atoms with Crippen molar-refractivity contribution < 1.29 is 14.3 Å². The highest BCUT2D eigenvalue weighted by molar-refractivity contribution is 7.09. The lowest BCUT2D eigenvalue weighted by Gasteiger charge is -2.20. The predicted octanol–water partition coefficient (Wildman–Crippen LogP) is 3.57. The standard InChI is InChI=1S/C17H21NO3S/c1-3-18(12-16-6-5-11-22-16)17(19)13-21-15-9-7-14(8-10-15)20-4-2/h5-11H,3-4,12-13H2,1-2H3. The van der Waals surface area contributed by atoms with Gasteiger partial charge in [-0.15, -0.1) is 11.3 Å². The minimum absolute atomic E-state index is 0.00946. The van der Waals surface area contributed by atoms with Crippen LogP contribution in [-0.4, -0.2) is 30.6 Å². The molecule has 1 aromatic carbocycles. The zero-order valence-electron chi connectivity index (χ0n) is 13.0. The molecule has 1 aromatic heterocycles. The molecule has 0 aliphatic rings. The van der Waals surface area contributed by atoms with Gasteiger partial charge in [-0.3, -0.25) is 4.79 Å². The molecule has 0 fully saturated rings. The van der Waals surface area contributed by atoms with E-state index < -0.39 is 0 Å². The SMILES string of the molecule is CCOc1ccc(OCC(=O)N(CC)Cc2cccs2)cc1. The molecule has 0 aliphatic heterocycles. The minimum atomic E-state index is -0.00946. The quantitative estimate of drug-likeness (QED) is 0.746. The third kappa shape index (κ3) is 4.77. The van der Waals surface area contributed by atoms with Gasteiger partial charge in [0.05, 0.1) is 13.2 Å². The van der Waals surface area contributed by atoms with E-state index in [9.17, 15) is 4.79 Å². The number of hydrogen-bond donors (Lipinski definition) is 0. The van der Waals surface area contributed by atoms with Crippen LogP contribution in [0.1, 0.15) is 18.7 Å². The molecule has 22 heavy (non-hydrogen) atoms. The number of benzene rings is 1. The Morgan fingerprint density at radius 2 is 1.77 bits per heavy atom. The van der Waals surface area contributed by atoms with Crippen molar-refractivity contribution in [3.8, 4) is 11.5 Å². The first-order valence-corrected chi connectivity index (χ1v) is 8.26. The van der Waals surface area contributed by atoms with Crippen LogP contribution in [0.2, 0.25) is 0 Å². The molecule has 0 spiro atoms. The van der Waals surface area contributed by atoms with Crippen LogP contribution in [0.4, 0.5) is 0 Å². The number of thiophene rings is 1. The second-order valence-electron chi connectivity index (χ2n) is 4.68. The Hall–Kier alpha value is -2.01. The molecule has 4 nitrogen and oxygen atoms in total. The van der Waals surface area contributed by atoms with E-state index in [1.165, 1.54) is 4.88 Å². The Morgan fingerprint density at radius 3 is 2.32 bits per heavy atom. The first kappa shape index (κ1) is 16.4. The summed E-state index contributed by atoms with van der Waals surface area (Å²) >= 11 is 1.66. The molecule has 0 atom stereocenters. The van der Waals surface area contributed by atoms with Crippen LogP contribution >= 0.6 is 11.3 Å². The molecular formula is C17H21NO3S. The summed E-state index contributed by atoms with van der Waals surface area (Å²) in [5.41, 5.74) is 0. The molecule has 2 rings (SSSR count). The Morgan fingerprint density at radius 1 is 1.09 bits per heavy atom. The van der Waals surface area contributed by atoms with Gasteiger partial charge >= 0.3 is 0 Å². The normalized spacial score (nSPS) is 10.3. The summed E-state index contributed by atoms with van der Waals surface area (Å²) in [6.07, 6.45) is 0. The van der Waals surface area contributed by atoms with Gasteiger partial charge in [-0.2, -0.15) is 0 Å². The van der Waals surface area contributed by atoms with Gasteiger partial charge < -0.3 is 14.4 Å². The molecule has 118 valence electrons. The fourth-order valence-electron chi connectivity index (χ4n) is 2.00. The van der Waals surface area contributed by atoms with Gasteiger partial charge in [0.25, 0.3) is 5.91 Å². The highest BCUT2D eigenvalue weighted by Crippen LogP contribution is 2.18. The van der Waals surface area contributed by atoms with E-state index in [1.54, 1.807) is 16.2 Å². The number of rotatable bonds is 8. The van der Waals surface area contributed by atoms with E-state index in [0.29, 0.717) is 25.4 Å². The molecule has 0 saturated heterocycles. The first-order chi connectivity index (χ1) is 10.7. The molecular weight excluding hydrogens is 298 g/mol. The van der Waals surface area contributed by atoms with Gasteiger partial charge in [-0.25, -0.2) is 0 Å². The lowest BCUT2D eigenvalue weighted by atomic mass is 10.3. The fraction of sp³-hybridized carbons (Fsp3) is 0.353. The van der Waals surface area contributed by atoms with E-state index >= 15 is 0 Å². The second-order valence-corrected chi connectivity index (χ2v) is 5.71. The maximum atomic E-state index is 12.2. The molecule has 0 unspecified atom stereocenters. The average Bonchev–Trinajstić information content (AvgIpc) is 3.05. The van der Waals surface area contributed by atoms with Crippen LogP contribution in [0.15, 0.2) is 41.8 Å². The Bertz CT molecular complexity index is 566. The van der Waals surface area contributed by atoms with Crippen molar-refractivity contribution in [1.82, 2.24) is 4.90 Å². The molecule has 1 heterocycles. The van der Waals surface area contributed by atoms with Crippen LogP contribution in [0.5, 0.6) is 11.5 Å². The van der Waals surface area contributed by atoms with Gasteiger partial charge in [0, 0.05) is 11.4 Å². The number of nitrogens with zero attached hydrogens (tertiary/aromatic N) is 1. The van der Waals surface area contributed by atoms with Gasteiger partial charge in [0.2, 0.25) is 0 Å². The van der Waals surface area contributed by atoms with Crippen LogP contribution in [0.3, 0.4) is 0 Å². The lowest BCUT2D eigenvalue weighted by molar-refractivity contribution is -0.133. The van der Waals surface area contributed by atoms with Crippen LogP contribution in [0.25, 0.3) is 0 Å². The van der Waals surface area contributed by atoms with E-state index in [1.807, 2.05) is 55.6 Å². The average molecular weight is 319 g/mol. The van der Waals surface area contributed by atoms with Gasteiger partial charge in [-0.1, -0.05) is 6.07 Å². The van der Waals surface area contributed by atoms with E-state index in [-0.39, 0.29) is 12.5 Å². The van der Waals surface area contributed by atoms with Crippen molar-refractivity contribution in [2.75, 3.05) is 19.8 Å². The number of carbonyl (C=O) groups excluding carboxylic acids is 1. The molecule has 0 radical (unpaired) electrons. The third-order valence-corrected chi connectivity index (χ3v) is 4.02. The van der Waals surface area contributed by atoms with Gasteiger partial charge in [-0.05, 0) is 49.6 Å². The largest absolute Gasteiger partial charge is 0.494 e. The van der Waals surface area contributed by atoms with Crippen molar-refractivity contribution in [2.45, 2.75) is 20.4 Å². The third-order valence-electron chi connectivity index (χ3n) is 3.16. The van der Waals surface area contributed by atoms with Crippen molar-refractivity contribution in [3.63, 3.8) is 0 Å². The summed E-state index contributed by atoms with van der Waals surface area (Å²) in [7, 11) is 0. The van der Waals surface area contributed by atoms with Crippen LogP contribution < -0.4 is 9.47 Å². The number of ether oxygens (including phenoxy) is 2. The molecule has 0 saturated carbocycles. The minimum Gasteiger partial charge on any atom is -0.494 e. The molecule has 0 bridgehead atoms. The van der Waals surface area contributed by atoms with Crippen molar-refractivity contribution in [2.24, 2.45) is 0 Å². The first-order valence-electron chi connectivity index (χ1n) is 7.38. The lowest BCUT2D eigenvalue weighted by Crippen LogP contribution is -2.34. The molecule has 2 aromatic rings. The summed E-state index contributed by atoms with van der Waals surface area (Å²) in [5.74, 6) is 1.46. The number of carbonyl (C=O) groups is 1. The Kier molecular flexibility index (Phi) is 6.27. The van der Waals surface area contributed by atoms with Crippen molar-refractivity contribution in [3.05, 3.63) is 46.7 Å². The highest BCUT2D eigenvalue weighted by Gasteiger charge is 2.13. The van der Waals surface area contributed by atoms with Gasteiger partial charge in [0.15, 0.2) is 6.61 Å². The van der Waals surface area contributed by atoms with E-state index in [2.05, 4.69) is 0 Å². The maximum absolute atomic E-state index is 12.2. The molecule has 5 heteroatoms. The van der Waals surface area contributed by atoms with Crippen LogP contribution in [-0.2, 0) is 11.3 Å². The van der Waals surface area contributed by atoms with E-state index in [4.69, 9.17) is 9.47 Å². The maximum Gasteiger partial charge on any atom is 0.260 e. The van der Waals surface area contributed by atoms with Gasteiger partial charge in [0.1, 0.15) is 11.5 Å². The zero-order chi connectivity index (χ0) is 15.8. The Balaban J connectivity index is 1.85. The molecule has 0 aliphatic carbocycles. The molecule has 1 amide bonds. The van der Waals surface area contributed by atoms with Crippen LogP contribution in [0, 0.1) is 0 Å². The monoisotopic (exact) mass is 319 g/mol. The summed E-state index contributed by atoms with van der Waals surface area (Å²) in [4.78, 5) is 15.2. The van der Waals surface area contributed by atoms with E-state index in [0.717, 1.165) is 5.75 Å². The predicted molar refractivity (Wildman–Crippen MR) is 88.5 cm³/mol. The fourth-order valence-corrected chi connectivity index (χ4v) is 2.72. The van der Waals surface area contributed by atoms with Crippen molar-refractivity contribution in [1.29, 1.82) is 0 Å². The number of hydrogen-bond acceptors (Lipinski definition) is 4. The summed E-state index contributed by atoms with van der Waals surface area (Å²) < 4.78 is 10.9. The highest BCUT2D eigenvalue weighted by atomic mass is 32.1. The summed E-state index contributed by atoms with van der Waals surface area (Å²) in [6.45, 7) is 5.90. The number of amides is 1. The zero-order valence-corrected chi connectivity index (χ0v) is 13.8. The smallest absolute Gasteiger partial charge is 0.260 e.